The highest BCUT2D eigenvalue weighted by molar-refractivity contribution is 6.30. The van der Waals surface area contributed by atoms with Gasteiger partial charge in [-0.2, -0.15) is 0 Å². The third-order valence-electron chi connectivity index (χ3n) is 6.09. The molecule has 1 aliphatic carbocycles. The van der Waals surface area contributed by atoms with Gasteiger partial charge >= 0.3 is 0 Å². The molecule has 180 valence electrons. The Morgan fingerprint density at radius 2 is 1.79 bits per heavy atom. The monoisotopic (exact) mass is 475 g/mol. The molecule has 1 atom stereocenters. The van der Waals surface area contributed by atoms with Crippen molar-refractivity contribution in [1.29, 1.82) is 0 Å². The maximum Gasteiger partial charge on any atom is 0.224 e. The number of aliphatic hydroxyl groups excluding tert-OH is 2. The van der Waals surface area contributed by atoms with Crippen LogP contribution in [0.25, 0.3) is 0 Å². The maximum atomic E-state index is 12.9. The van der Waals surface area contributed by atoms with Crippen molar-refractivity contribution in [2.24, 2.45) is 5.92 Å². The lowest BCUT2D eigenvalue weighted by atomic mass is 9.86. The van der Waals surface area contributed by atoms with Crippen LogP contribution in [0.4, 0.5) is 0 Å². The summed E-state index contributed by atoms with van der Waals surface area (Å²) in [5, 5.41) is 24.2. The zero-order valence-corrected chi connectivity index (χ0v) is 20.3. The summed E-state index contributed by atoms with van der Waals surface area (Å²) >= 11 is 6.01. The average molecular weight is 476 g/mol. The number of amides is 1. The second kappa shape index (κ2) is 11.7. The van der Waals surface area contributed by atoms with Gasteiger partial charge in [-0.15, -0.1) is 0 Å². The highest BCUT2D eigenvalue weighted by Crippen LogP contribution is 2.37. The Morgan fingerprint density at radius 1 is 1.12 bits per heavy atom. The van der Waals surface area contributed by atoms with Crippen LogP contribution in [0.5, 0.6) is 11.5 Å². The lowest BCUT2D eigenvalue weighted by Crippen LogP contribution is -2.39. The predicted molar refractivity (Wildman–Crippen MR) is 129 cm³/mol. The molecule has 0 spiro atoms. The van der Waals surface area contributed by atoms with E-state index in [2.05, 4.69) is 5.32 Å². The number of ether oxygens (including phenoxy) is 2. The van der Waals surface area contributed by atoms with Gasteiger partial charge in [0.2, 0.25) is 5.91 Å². The zero-order chi connectivity index (χ0) is 24.0. The van der Waals surface area contributed by atoms with Gasteiger partial charge in [-0.3, -0.25) is 4.79 Å². The molecule has 1 fully saturated rings. The lowest BCUT2D eigenvalue weighted by molar-refractivity contribution is -0.121. The van der Waals surface area contributed by atoms with Gasteiger partial charge in [-0.1, -0.05) is 23.7 Å². The second-order valence-corrected chi connectivity index (χ2v) is 9.40. The molecule has 6 nitrogen and oxygen atoms in total. The summed E-state index contributed by atoms with van der Waals surface area (Å²) in [5.41, 5.74) is 1.93. The normalized spacial score (nSPS) is 19.2. The van der Waals surface area contributed by atoms with Crippen molar-refractivity contribution in [2.45, 2.75) is 64.2 Å². The van der Waals surface area contributed by atoms with Crippen LogP contribution in [0.1, 0.15) is 62.3 Å². The van der Waals surface area contributed by atoms with E-state index in [9.17, 15) is 15.0 Å². The summed E-state index contributed by atoms with van der Waals surface area (Å²) in [7, 11) is 1.56. The molecule has 1 aliphatic rings. The molecule has 1 unspecified atom stereocenters. The van der Waals surface area contributed by atoms with E-state index in [0.29, 0.717) is 39.1 Å². The van der Waals surface area contributed by atoms with E-state index in [-0.39, 0.29) is 31.1 Å². The first kappa shape index (κ1) is 25.3. The summed E-state index contributed by atoms with van der Waals surface area (Å²) in [6, 6.07) is 10.6. The SMILES string of the molecule is COc1cc(CC(=O)NC2CCC(CO)CC2)c(C(O)c2ccc(Cl)cc2)cc1OC(C)C. The van der Waals surface area contributed by atoms with Gasteiger partial charge in [0.25, 0.3) is 0 Å². The summed E-state index contributed by atoms with van der Waals surface area (Å²) in [4.78, 5) is 12.9. The fraction of sp³-hybridized carbons (Fsp3) is 0.500. The molecular weight excluding hydrogens is 442 g/mol. The number of halogens is 1. The molecule has 2 aromatic rings. The Hall–Kier alpha value is -2.28. The molecule has 0 heterocycles. The fourth-order valence-corrected chi connectivity index (χ4v) is 4.42. The van der Waals surface area contributed by atoms with Crippen molar-refractivity contribution in [2.75, 3.05) is 13.7 Å². The number of nitrogens with one attached hydrogen (secondary N) is 1. The van der Waals surface area contributed by atoms with E-state index in [4.69, 9.17) is 21.1 Å². The summed E-state index contributed by atoms with van der Waals surface area (Å²) in [6.45, 7) is 4.04. The van der Waals surface area contributed by atoms with Gasteiger partial charge in [-0.25, -0.2) is 0 Å². The van der Waals surface area contributed by atoms with E-state index in [0.717, 1.165) is 25.7 Å². The number of rotatable bonds is 9. The molecule has 0 saturated heterocycles. The van der Waals surface area contributed by atoms with Gasteiger partial charge in [0.1, 0.15) is 6.10 Å². The van der Waals surface area contributed by atoms with Crippen molar-refractivity contribution in [3.63, 3.8) is 0 Å². The van der Waals surface area contributed by atoms with Gasteiger partial charge in [0, 0.05) is 17.7 Å². The predicted octanol–water partition coefficient (Wildman–Crippen LogP) is 4.43. The Balaban J connectivity index is 1.86. The van der Waals surface area contributed by atoms with Crippen LogP contribution < -0.4 is 14.8 Å². The topological polar surface area (TPSA) is 88.0 Å². The molecule has 1 saturated carbocycles. The largest absolute Gasteiger partial charge is 0.493 e. The molecule has 0 radical (unpaired) electrons. The summed E-state index contributed by atoms with van der Waals surface area (Å²) in [6.07, 6.45) is 2.63. The molecule has 1 amide bonds. The number of hydrogen-bond acceptors (Lipinski definition) is 5. The van der Waals surface area contributed by atoms with Crippen LogP contribution in [0, 0.1) is 5.92 Å². The Bertz CT molecular complexity index is 923. The Labute approximate surface area is 200 Å². The number of carbonyl (C=O) groups excluding carboxylic acids is 1. The first-order chi connectivity index (χ1) is 15.8. The molecule has 7 heteroatoms. The van der Waals surface area contributed by atoms with Crippen LogP contribution in [0.2, 0.25) is 5.02 Å². The number of benzene rings is 2. The van der Waals surface area contributed by atoms with Crippen LogP contribution >= 0.6 is 11.6 Å². The van der Waals surface area contributed by atoms with Crippen molar-refractivity contribution >= 4 is 17.5 Å². The molecule has 3 rings (SSSR count). The molecule has 2 aromatic carbocycles. The number of aliphatic hydroxyl groups is 2. The maximum absolute atomic E-state index is 12.9. The Morgan fingerprint density at radius 3 is 2.36 bits per heavy atom. The van der Waals surface area contributed by atoms with E-state index in [1.807, 2.05) is 13.8 Å². The minimum atomic E-state index is -0.953. The quantitative estimate of drug-likeness (QED) is 0.499. The summed E-state index contributed by atoms with van der Waals surface area (Å²) in [5.74, 6) is 1.26. The van der Waals surface area contributed by atoms with Crippen LogP contribution in [-0.2, 0) is 11.2 Å². The minimum Gasteiger partial charge on any atom is -0.493 e. The average Bonchev–Trinajstić information content (AvgIpc) is 2.80. The molecule has 3 N–H and O–H groups in total. The highest BCUT2D eigenvalue weighted by atomic mass is 35.5. The van der Waals surface area contributed by atoms with Gasteiger partial charge in [0.05, 0.1) is 19.6 Å². The van der Waals surface area contributed by atoms with Gasteiger partial charge < -0.3 is 25.0 Å². The number of methoxy groups -OCH3 is 1. The third kappa shape index (κ3) is 6.85. The lowest BCUT2D eigenvalue weighted by Gasteiger charge is -2.28. The van der Waals surface area contributed by atoms with Gasteiger partial charge in [0.15, 0.2) is 11.5 Å². The molecule has 0 aromatic heterocycles. The van der Waals surface area contributed by atoms with Crippen LogP contribution in [0.15, 0.2) is 36.4 Å². The minimum absolute atomic E-state index is 0.0809. The van der Waals surface area contributed by atoms with Crippen molar-refractivity contribution in [3.05, 3.63) is 58.1 Å². The van der Waals surface area contributed by atoms with Crippen LogP contribution in [0.3, 0.4) is 0 Å². The molecular formula is C26H34ClNO5. The first-order valence-electron chi connectivity index (χ1n) is 11.5. The third-order valence-corrected chi connectivity index (χ3v) is 6.34. The first-order valence-corrected chi connectivity index (χ1v) is 11.9. The fourth-order valence-electron chi connectivity index (χ4n) is 4.30. The standard InChI is InChI=1S/C26H34ClNO5/c1-16(2)33-24-14-22(26(31)18-6-8-20(27)9-7-18)19(12-23(24)32-3)13-25(30)28-21-10-4-17(15-29)5-11-21/h6-9,12,14,16-17,21,26,29,31H,4-5,10-11,13,15H2,1-3H3,(H,28,30). The number of hydrogen-bond donors (Lipinski definition) is 3. The smallest absolute Gasteiger partial charge is 0.224 e. The van der Waals surface area contributed by atoms with Crippen molar-refractivity contribution in [3.8, 4) is 11.5 Å². The van der Waals surface area contributed by atoms with Gasteiger partial charge in [-0.05, 0) is 86.4 Å². The van der Waals surface area contributed by atoms with E-state index < -0.39 is 6.10 Å². The van der Waals surface area contributed by atoms with E-state index >= 15 is 0 Å². The highest BCUT2D eigenvalue weighted by Gasteiger charge is 2.24. The number of carbonyl (C=O) groups is 1. The molecule has 0 bridgehead atoms. The van der Waals surface area contributed by atoms with Crippen molar-refractivity contribution < 1.29 is 24.5 Å². The second-order valence-electron chi connectivity index (χ2n) is 8.97. The van der Waals surface area contributed by atoms with Crippen molar-refractivity contribution in [1.82, 2.24) is 5.32 Å². The van der Waals surface area contributed by atoms with E-state index in [1.54, 1.807) is 43.5 Å². The zero-order valence-electron chi connectivity index (χ0n) is 19.5. The van der Waals surface area contributed by atoms with Crippen LogP contribution in [-0.4, -0.2) is 42.0 Å². The summed E-state index contributed by atoms with van der Waals surface area (Å²) < 4.78 is 11.4. The Kier molecular flexibility index (Phi) is 9.01. The van der Waals surface area contributed by atoms with E-state index in [1.165, 1.54) is 0 Å². The molecule has 0 aliphatic heterocycles. The molecule has 33 heavy (non-hydrogen) atoms.